The molecule has 0 saturated carbocycles. The highest BCUT2D eigenvalue weighted by atomic mass is 14.1. The summed E-state index contributed by atoms with van der Waals surface area (Å²) in [5, 5.41) is 0. The van der Waals surface area contributed by atoms with Crippen LogP contribution in [0.25, 0.3) is 0 Å². The van der Waals surface area contributed by atoms with E-state index in [1.807, 2.05) is 0 Å². The molecule has 0 aliphatic heterocycles. The Balaban J connectivity index is 2.43. The molecule has 0 fully saturated rings. The van der Waals surface area contributed by atoms with Crippen LogP contribution in [-0.4, -0.2) is 0 Å². The Morgan fingerprint density at radius 1 is 0.833 bits per heavy atom. The van der Waals surface area contributed by atoms with Crippen molar-refractivity contribution in [1.29, 1.82) is 0 Å². The molecule has 2 aromatic rings. The summed E-state index contributed by atoms with van der Waals surface area (Å²) in [6.45, 7) is 6.44. The van der Waals surface area contributed by atoms with E-state index in [9.17, 15) is 0 Å². The van der Waals surface area contributed by atoms with Crippen molar-refractivity contribution in [2.75, 3.05) is 0 Å². The number of aryl methyl sites for hydroxylation is 1. The lowest BCUT2D eigenvalue weighted by molar-refractivity contribution is 1.01. The van der Waals surface area contributed by atoms with E-state index >= 15 is 0 Å². The van der Waals surface area contributed by atoms with Gasteiger partial charge in [-0.15, -0.1) is 0 Å². The van der Waals surface area contributed by atoms with Crippen molar-refractivity contribution < 1.29 is 0 Å². The zero-order chi connectivity index (χ0) is 13.0. The maximum absolute atomic E-state index is 2.33. The maximum atomic E-state index is 2.33. The molecule has 0 bridgehead atoms. The van der Waals surface area contributed by atoms with E-state index in [2.05, 4.69) is 81.4 Å². The maximum Gasteiger partial charge on any atom is 0.0271 e. The van der Waals surface area contributed by atoms with Crippen LogP contribution in [0.2, 0.25) is 0 Å². The van der Waals surface area contributed by atoms with Gasteiger partial charge in [-0.25, -0.2) is 0 Å². The van der Waals surface area contributed by atoms with Crippen LogP contribution in [0.3, 0.4) is 0 Å². The molecule has 92 valence electrons. The monoisotopic (exact) mass is 236 g/mol. The molecule has 0 aliphatic carbocycles. The Morgan fingerprint density at radius 2 is 1.39 bits per heavy atom. The Morgan fingerprint density at radius 3 is 1.94 bits per heavy atom. The molecule has 0 aliphatic rings. The highest BCUT2D eigenvalue weighted by Gasteiger charge is 2.10. The fraction of sp³-hybridized carbons (Fsp3) is 0.222. The lowest BCUT2D eigenvalue weighted by Crippen LogP contribution is -1.98. The molecule has 1 unspecified atom stereocenters. The van der Waals surface area contributed by atoms with Crippen LogP contribution >= 0.6 is 0 Å². The molecule has 0 nitrogen and oxygen atoms in total. The van der Waals surface area contributed by atoms with E-state index in [4.69, 9.17) is 0 Å². The van der Waals surface area contributed by atoms with Gasteiger partial charge < -0.3 is 0 Å². The second kappa shape index (κ2) is 5.68. The van der Waals surface area contributed by atoms with Gasteiger partial charge in [0.25, 0.3) is 0 Å². The van der Waals surface area contributed by atoms with Gasteiger partial charge in [0.05, 0.1) is 0 Å². The minimum atomic E-state index is 0.358. The molecular weight excluding hydrogens is 216 g/mol. The van der Waals surface area contributed by atoms with E-state index in [1.165, 1.54) is 22.3 Å². The van der Waals surface area contributed by atoms with E-state index in [0.717, 1.165) is 0 Å². The van der Waals surface area contributed by atoms with Crippen LogP contribution in [0.5, 0.6) is 0 Å². The normalized spacial score (nSPS) is 11.9. The molecule has 0 spiro atoms. The van der Waals surface area contributed by atoms with Gasteiger partial charge in [0, 0.05) is 5.92 Å². The Labute approximate surface area is 110 Å². The lowest BCUT2D eigenvalue weighted by Gasteiger charge is -2.15. The molecule has 2 rings (SSSR count). The number of hydrogen-bond acceptors (Lipinski definition) is 0. The smallest absolute Gasteiger partial charge is 0.0271 e. The van der Waals surface area contributed by atoms with Gasteiger partial charge in [0.2, 0.25) is 0 Å². The summed E-state index contributed by atoms with van der Waals surface area (Å²) < 4.78 is 0. The Kier molecular flexibility index (Phi) is 3.99. The zero-order valence-electron chi connectivity index (χ0n) is 11.4. The molecule has 0 saturated heterocycles. The van der Waals surface area contributed by atoms with E-state index in [1.54, 1.807) is 0 Å². The van der Waals surface area contributed by atoms with Crippen LogP contribution in [-0.2, 0) is 0 Å². The third-order valence-corrected chi connectivity index (χ3v) is 3.10. The number of hydrogen-bond donors (Lipinski definition) is 0. The van der Waals surface area contributed by atoms with E-state index < -0.39 is 0 Å². The van der Waals surface area contributed by atoms with Crippen molar-refractivity contribution in [2.45, 2.75) is 26.7 Å². The molecule has 0 aromatic heterocycles. The highest BCUT2D eigenvalue weighted by Crippen LogP contribution is 2.27. The molecule has 0 amide bonds. The van der Waals surface area contributed by atoms with Crippen molar-refractivity contribution >= 4 is 0 Å². The van der Waals surface area contributed by atoms with Crippen LogP contribution in [0, 0.1) is 6.92 Å². The predicted molar refractivity (Wildman–Crippen MR) is 78.9 cm³/mol. The first-order valence-corrected chi connectivity index (χ1v) is 6.43. The summed E-state index contributed by atoms with van der Waals surface area (Å²) in [4.78, 5) is 0. The average molecular weight is 236 g/mol. The number of allylic oxidation sites excluding steroid dienone is 2. The van der Waals surface area contributed by atoms with Crippen LogP contribution in [0.4, 0.5) is 0 Å². The third kappa shape index (κ3) is 3.10. The largest absolute Gasteiger partial charge is 0.0795 e. The minimum Gasteiger partial charge on any atom is -0.0795 e. The molecule has 0 radical (unpaired) electrons. The summed E-state index contributed by atoms with van der Waals surface area (Å²) >= 11 is 0. The first kappa shape index (κ1) is 12.6. The fourth-order valence-corrected chi connectivity index (χ4v) is 2.15. The highest BCUT2D eigenvalue weighted by molar-refractivity contribution is 5.38. The van der Waals surface area contributed by atoms with Crippen molar-refractivity contribution in [2.24, 2.45) is 0 Å². The first-order valence-electron chi connectivity index (χ1n) is 6.43. The van der Waals surface area contributed by atoms with Crippen LogP contribution in [0.15, 0.2) is 66.2 Å². The average Bonchev–Trinajstić information content (AvgIpc) is 2.38. The van der Waals surface area contributed by atoms with Crippen LogP contribution < -0.4 is 0 Å². The van der Waals surface area contributed by atoms with Gasteiger partial charge in [0.1, 0.15) is 0 Å². The standard InChI is InChI=1S/C18H20/c1-14(2)13-18(16-7-5-4-6-8-16)17-11-9-15(3)10-12-17/h4-13,18H,1-3H3. The SMILES string of the molecule is CC(C)=CC(c1ccccc1)c1ccc(C)cc1. The van der Waals surface area contributed by atoms with Crippen molar-refractivity contribution in [3.63, 3.8) is 0 Å². The van der Waals surface area contributed by atoms with E-state index in [0.29, 0.717) is 5.92 Å². The Hall–Kier alpha value is -1.82. The minimum absolute atomic E-state index is 0.358. The van der Waals surface area contributed by atoms with Crippen molar-refractivity contribution in [1.82, 2.24) is 0 Å². The summed E-state index contributed by atoms with van der Waals surface area (Å²) in [6, 6.07) is 19.5. The second-order valence-corrected chi connectivity index (χ2v) is 5.04. The predicted octanol–water partition coefficient (Wildman–Crippen LogP) is 5.09. The van der Waals surface area contributed by atoms with Crippen LogP contribution in [0.1, 0.15) is 36.5 Å². The molecule has 0 N–H and O–H groups in total. The van der Waals surface area contributed by atoms with Gasteiger partial charge in [-0.1, -0.05) is 71.8 Å². The van der Waals surface area contributed by atoms with Crippen molar-refractivity contribution in [3.8, 4) is 0 Å². The Bertz CT molecular complexity index is 514. The molecule has 0 heterocycles. The topological polar surface area (TPSA) is 0 Å². The third-order valence-electron chi connectivity index (χ3n) is 3.10. The summed E-state index contributed by atoms with van der Waals surface area (Å²) in [5.74, 6) is 0.358. The van der Waals surface area contributed by atoms with Gasteiger partial charge in [-0.3, -0.25) is 0 Å². The molecule has 1 atom stereocenters. The molecular formula is C18H20. The van der Waals surface area contributed by atoms with Gasteiger partial charge in [-0.2, -0.15) is 0 Å². The molecule has 0 heteroatoms. The number of rotatable bonds is 3. The van der Waals surface area contributed by atoms with E-state index in [-0.39, 0.29) is 0 Å². The number of benzene rings is 2. The van der Waals surface area contributed by atoms with Gasteiger partial charge >= 0.3 is 0 Å². The zero-order valence-corrected chi connectivity index (χ0v) is 11.4. The second-order valence-electron chi connectivity index (χ2n) is 5.04. The fourth-order valence-electron chi connectivity index (χ4n) is 2.15. The quantitative estimate of drug-likeness (QED) is 0.651. The summed E-state index contributed by atoms with van der Waals surface area (Å²) in [7, 11) is 0. The van der Waals surface area contributed by atoms with Gasteiger partial charge in [-0.05, 0) is 31.9 Å². The molecule has 2 aromatic carbocycles. The van der Waals surface area contributed by atoms with Crippen molar-refractivity contribution in [3.05, 3.63) is 82.9 Å². The lowest BCUT2D eigenvalue weighted by atomic mass is 9.89. The first-order chi connectivity index (χ1) is 8.66. The summed E-state index contributed by atoms with van der Waals surface area (Å²) in [5.41, 5.74) is 5.36. The summed E-state index contributed by atoms with van der Waals surface area (Å²) in [6.07, 6.45) is 2.33. The molecule has 18 heavy (non-hydrogen) atoms. The van der Waals surface area contributed by atoms with Gasteiger partial charge in [0.15, 0.2) is 0 Å².